The van der Waals surface area contributed by atoms with Gasteiger partial charge in [-0.2, -0.15) is 0 Å². The highest BCUT2D eigenvalue weighted by Crippen LogP contribution is 2.21. The van der Waals surface area contributed by atoms with Gasteiger partial charge in [0, 0.05) is 6.42 Å². The van der Waals surface area contributed by atoms with E-state index in [4.69, 9.17) is 0 Å². The Bertz CT molecular complexity index is 444. The molecule has 1 aromatic carbocycles. The maximum atomic E-state index is 12.3. The van der Waals surface area contributed by atoms with Crippen LogP contribution >= 0.6 is 0 Å². The molecule has 0 saturated carbocycles. The van der Waals surface area contributed by atoms with Crippen molar-refractivity contribution in [2.24, 2.45) is 5.92 Å². The van der Waals surface area contributed by atoms with E-state index < -0.39 is 0 Å². The van der Waals surface area contributed by atoms with E-state index in [2.05, 4.69) is 10.1 Å². The second-order valence-electron chi connectivity index (χ2n) is 4.89. The van der Waals surface area contributed by atoms with E-state index in [1.165, 1.54) is 7.11 Å². The third-order valence-corrected chi connectivity index (χ3v) is 3.58. The Balaban J connectivity index is 1.96. The van der Waals surface area contributed by atoms with Gasteiger partial charge in [-0.15, -0.1) is 0 Å². The standard InChI is InChI=1S/C15H19NO3/c1-19-14(18)10-12-7-8-16-15(12)13(17)9-11-5-3-2-4-6-11/h2-6,12,15-16H,7-10H2,1H3. The summed E-state index contributed by atoms with van der Waals surface area (Å²) in [7, 11) is 1.38. The molecule has 2 unspecified atom stereocenters. The molecular weight excluding hydrogens is 242 g/mol. The fourth-order valence-electron chi connectivity index (χ4n) is 2.56. The molecule has 1 aliphatic heterocycles. The van der Waals surface area contributed by atoms with Gasteiger partial charge < -0.3 is 10.1 Å². The van der Waals surface area contributed by atoms with E-state index in [1.807, 2.05) is 30.3 Å². The minimum absolute atomic E-state index is 0.0589. The van der Waals surface area contributed by atoms with Crippen molar-refractivity contribution in [1.29, 1.82) is 0 Å². The molecule has 0 amide bonds. The zero-order chi connectivity index (χ0) is 13.7. The van der Waals surface area contributed by atoms with Crippen molar-refractivity contribution in [3.63, 3.8) is 0 Å². The lowest BCUT2D eigenvalue weighted by molar-refractivity contribution is -0.141. The van der Waals surface area contributed by atoms with Crippen LogP contribution in [-0.4, -0.2) is 31.4 Å². The molecule has 0 aromatic heterocycles. The second kappa shape index (κ2) is 6.48. The number of Topliss-reactive ketones (excluding diaryl/α,β-unsaturated/α-hetero) is 1. The molecule has 1 aliphatic rings. The number of hydrogen-bond donors (Lipinski definition) is 1. The minimum Gasteiger partial charge on any atom is -0.469 e. The van der Waals surface area contributed by atoms with Crippen LogP contribution in [-0.2, 0) is 20.7 Å². The Morgan fingerprint density at radius 1 is 1.32 bits per heavy atom. The van der Waals surface area contributed by atoms with Crippen LogP contribution in [0.2, 0.25) is 0 Å². The van der Waals surface area contributed by atoms with Crippen molar-refractivity contribution < 1.29 is 14.3 Å². The predicted octanol–water partition coefficient (Wildman–Crippen LogP) is 1.34. The van der Waals surface area contributed by atoms with Gasteiger partial charge in [-0.1, -0.05) is 30.3 Å². The third kappa shape index (κ3) is 3.64. The van der Waals surface area contributed by atoms with E-state index >= 15 is 0 Å². The number of hydrogen-bond acceptors (Lipinski definition) is 4. The number of nitrogens with one attached hydrogen (secondary N) is 1. The second-order valence-corrected chi connectivity index (χ2v) is 4.89. The average molecular weight is 261 g/mol. The SMILES string of the molecule is COC(=O)CC1CCNC1C(=O)Cc1ccccc1. The van der Waals surface area contributed by atoms with Gasteiger partial charge in [-0.05, 0) is 24.4 Å². The molecule has 1 saturated heterocycles. The van der Waals surface area contributed by atoms with E-state index in [-0.39, 0.29) is 23.7 Å². The first kappa shape index (κ1) is 13.7. The van der Waals surface area contributed by atoms with Gasteiger partial charge >= 0.3 is 5.97 Å². The number of ether oxygens (including phenoxy) is 1. The van der Waals surface area contributed by atoms with Crippen molar-refractivity contribution in [2.75, 3.05) is 13.7 Å². The molecule has 19 heavy (non-hydrogen) atoms. The quantitative estimate of drug-likeness (QED) is 0.813. The van der Waals surface area contributed by atoms with Crippen LogP contribution in [0.15, 0.2) is 30.3 Å². The van der Waals surface area contributed by atoms with Gasteiger partial charge in [0.2, 0.25) is 0 Å². The highest BCUT2D eigenvalue weighted by Gasteiger charge is 2.33. The summed E-state index contributed by atoms with van der Waals surface area (Å²) in [5.41, 5.74) is 1.01. The molecule has 1 fully saturated rings. The minimum atomic E-state index is -0.244. The summed E-state index contributed by atoms with van der Waals surface area (Å²) in [5, 5.41) is 3.20. The normalized spacial score (nSPS) is 22.2. The lowest BCUT2D eigenvalue weighted by Gasteiger charge is -2.17. The van der Waals surface area contributed by atoms with Crippen molar-refractivity contribution in [3.05, 3.63) is 35.9 Å². The first-order valence-corrected chi connectivity index (χ1v) is 6.57. The van der Waals surface area contributed by atoms with E-state index in [9.17, 15) is 9.59 Å². The Morgan fingerprint density at radius 3 is 2.74 bits per heavy atom. The Kier molecular flexibility index (Phi) is 4.68. The molecule has 4 heteroatoms. The number of ketones is 1. The number of esters is 1. The fraction of sp³-hybridized carbons (Fsp3) is 0.467. The van der Waals surface area contributed by atoms with E-state index in [0.717, 1.165) is 18.5 Å². The van der Waals surface area contributed by atoms with Crippen molar-refractivity contribution in [3.8, 4) is 0 Å². The van der Waals surface area contributed by atoms with Gasteiger partial charge in [0.05, 0.1) is 19.6 Å². The van der Waals surface area contributed by atoms with Gasteiger partial charge in [0.15, 0.2) is 5.78 Å². The van der Waals surface area contributed by atoms with E-state index in [1.54, 1.807) is 0 Å². The molecule has 1 heterocycles. The summed E-state index contributed by atoms with van der Waals surface area (Å²) in [6, 6.07) is 9.46. The van der Waals surface area contributed by atoms with Crippen LogP contribution in [0.25, 0.3) is 0 Å². The summed E-state index contributed by atoms with van der Waals surface area (Å²) in [6.07, 6.45) is 1.57. The summed E-state index contributed by atoms with van der Waals surface area (Å²) in [6.45, 7) is 0.785. The monoisotopic (exact) mass is 261 g/mol. The van der Waals surface area contributed by atoms with Crippen molar-refractivity contribution >= 4 is 11.8 Å². The molecule has 0 bridgehead atoms. The van der Waals surface area contributed by atoms with Gasteiger partial charge in [0.1, 0.15) is 0 Å². The lowest BCUT2D eigenvalue weighted by atomic mass is 9.91. The summed E-state index contributed by atoms with van der Waals surface area (Å²) < 4.78 is 4.68. The summed E-state index contributed by atoms with van der Waals surface area (Å²) >= 11 is 0. The van der Waals surface area contributed by atoms with Gasteiger partial charge in [-0.25, -0.2) is 0 Å². The first-order valence-electron chi connectivity index (χ1n) is 6.57. The maximum absolute atomic E-state index is 12.3. The fourth-order valence-corrected chi connectivity index (χ4v) is 2.56. The van der Waals surface area contributed by atoms with Gasteiger partial charge in [-0.3, -0.25) is 9.59 Å². The van der Waals surface area contributed by atoms with Crippen LogP contribution < -0.4 is 5.32 Å². The van der Waals surface area contributed by atoms with Crippen molar-refractivity contribution in [2.45, 2.75) is 25.3 Å². The maximum Gasteiger partial charge on any atom is 0.305 e. The molecule has 2 rings (SSSR count). The predicted molar refractivity (Wildman–Crippen MR) is 71.7 cm³/mol. The van der Waals surface area contributed by atoms with Gasteiger partial charge in [0.25, 0.3) is 0 Å². The average Bonchev–Trinajstić information content (AvgIpc) is 2.88. The molecule has 1 N–H and O–H groups in total. The number of benzene rings is 1. The number of rotatable bonds is 5. The largest absolute Gasteiger partial charge is 0.469 e. The zero-order valence-electron chi connectivity index (χ0n) is 11.1. The molecule has 1 aromatic rings. The summed E-state index contributed by atoms with van der Waals surface area (Å²) in [4.78, 5) is 23.6. The van der Waals surface area contributed by atoms with Crippen LogP contribution in [0.3, 0.4) is 0 Å². The topological polar surface area (TPSA) is 55.4 Å². The van der Waals surface area contributed by atoms with Crippen LogP contribution in [0, 0.1) is 5.92 Å². The molecular formula is C15H19NO3. The van der Waals surface area contributed by atoms with Crippen LogP contribution in [0.1, 0.15) is 18.4 Å². The lowest BCUT2D eigenvalue weighted by Crippen LogP contribution is -2.37. The van der Waals surface area contributed by atoms with Crippen molar-refractivity contribution in [1.82, 2.24) is 5.32 Å². The Morgan fingerprint density at radius 2 is 2.05 bits per heavy atom. The molecule has 0 aliphatic carbocycles. The third-order valence-electron chi connectivity index (χ3n) is 3.58. The number of methoxy groups -OCH3 is 1. The highest BCUT2D eigenvalue weighted by atomic mass is 16.5. The van der Waals surface area contributed by atoms with E-state index in [0.29, 0.717) is 12.8 Å². The molecule has 4 nitrogen and oxygen atoms in total. The Labute approximate surface area is 113 Å². The molecule has 102 valence electrons. The number of carbonyl (C=O) groups is 2. The molecule has 0 spiro atoms. The number of carbonyl (C=O) groups excluding carboxylic acids is 2. The smallest absolute Gasteiger partial charge is 0.305 e. The van der Waals surface area contributed by atoms with Crippen LogP contribution in [0.5, 0.6) is 0 Å². The molecule has 2 atom stereocenters. The molecule has 0 radical (unpaired) electrons. The first-order chi connectivity index (χ1) is 9.20. The highest BCUT2D eigenvalue weighted by molar-refractivity contribution is 5.87. The van der Waals surface area contributed by atoms with Crippen LogP contribution in [0.4, 0.5) is 0 Å². The Hall–Kier alpha value is -1.68. The summed E-state index contributed by atoms with van der Waals surface area (Å²) in [5.74, 6) is -0.0347. The zero-order valence-corrected chi connectivity index (χ0v) is 11.1.